The van der Waals surface area contributed by atoms with E-state index in [1.165, 1.54) is 0 Å². The monoisotopic (exact) mass is 434 g/mol. The van der Waals surface area contributed by atoms with Crippen LogP contribution in [0.2, 0.25) is 0 Å². The fourth-order valence-corrected chi connectivity index (χ4v) is 3.34. The number of hydrogen-bond donors (Lipinski definition) is 1. The lowest BCUT2D eigenvalue weighted by atomic mass is 10.1. The lowest BCUT2D eigenvalue weighted by Gasteiger charge is -2.16. The number of rotatable bonds is 8. The quantitative estimate of drug-likeness (QED) is 0.506. The van der Waals surface area contributed by atoms with Crippen molar-refractivity contribution in [1.29, 1.82) is 0 Å². The highest BCUT2D eigenvalue weighted by molar-refractivity contribution is 9.10. The topological polar surface area (TPSA) is 61.1 Å². The normalized spacial score (nSPS) is 12.3. The van der Waals surface area contributed by atoms with Crippen molar-refractivity contribution < 1.29 is 23.7 Å². The van der Waals surface area contributed by atoms with E-state index in [1.54, 1.807) is 7.11 Å². The first-order valence-electron chi connectivity index (χ1n) is 8.78. The molecule has 27 heavy (non-hydrogen) atoms. The van der Waals surface area contributed by atoms with Gasteiger partial charge in [-0.3, -0.25) is 0 Å². The molecular formula is C21H23BrO5. The molecule has 3 rings (SSSR count). The number of benzene rings is 2. The minimum absolute atomic E-state index is 0.337. The van der Waals surface area contributed by atoms with Crippen molar-refractivity contribution >= 4 is 26.9 Å². The Bertz CT molecular complexity index is 918. The molecule has 1 unspecified atom stereocenters. The zero-order chi connectivity index (χ0) is 19.4. The number of hydrogen-bond acceptors (Lipinski definition) is 5. The fourth-order valence-electron chi connectivity index (χ4n) is 2.98. The number of methoxy groups -OCH3 is 1. The lowest BCUT2D eigenvalue weighted by molar-refractivity contribution is -0.0930. The van der Waals surface area contributed by atoms with E-state index in [-0.39, 0.29) is 0 Å². The molecule has 0 bridgehead atoms. The summed E-state index contributed by atoms with van der Waals surface area (Å²) in [6, 6.07) is 11.5. The Morgan fingerprint density at radius 3 is 2.74 bits per heavy atom. The van der Waals surface area contributed by atoms with Crippen molar-refractivity contribution in [3.63, 3.8) is 0 Å². The van der Waals surface area contributed by atoms with E-state index in [4.69, 9.17) is 18.6 Å². The van der Waals surface area contributed by atoms with E-state index < -0.39 is 6.29 Å². The molecule has 0 fully saturated rings. The van der Waals surface area contributed by atoms with Crippen LogP contribution in [-0.4, -0.2) is 25.1 Å². The van der Waals surface area contributed by atoms with Crippen LogP contribution < -0.4 is 9.47 Å². The number of aliphatic hydroxyl groups is 1. The van der Waals surface area contributed by atoms with Crippen LogP contribution in [0.4, 0.5) is 0 Å². The number of halogens is 1. The summed E-state index contributed by atoms with van der Waals surface area (Å²) in [6.07, 6.45) is -0.540. The molecule has 0 aliphatic rings. The van der Waals surface area contributed by atoms with Crippen LogP contribution in [0.5, 0.6) is 11.5 Å². The number of aliphatic hydroxyl groups excluding tert-OH is 1. The number of fused-ring (bicyclic) bond motifs is 1. The Kier molecular flexibility index (Phi) is 6.42. The van der Waals surface area contributed by atoms with E-state index >= 15 is 0 Å². The fraction of sp³-hybridized carbons (Fsp3) is 0.333. The molecule has 5 nitrogen and oxygen atoms in total. The van der Waals surface area contributed by atoms with Gasteiger partial charge in [-0.2, -0.15) is 0 Å². The minimum atomic E-state index is -0.877. The van der Waals surface area contributed by atoms with Gasteiger partial charge in [-0.15, -0.1) is 0 Å². The van der Waals surface area contributed by atoms with E-state index in [0.29, 0.717) is 31.1 Å². The van der Waals surface area contributed by atoms with Gasteiger partial charge in [0, 0.05) is 34.5 Å². The molecule has 1 heterocycles. The predicted octanol–water partition coefficient (Wildman–Crippen LogP) is 4.99. The average Bonchev–Trinajstić information content (AvgIpc) is 2.95. The van der Waals surface area contributed by atoms with E-state index in [9.17, 15) is 5.11 Å². The largest absolute Gasteiger partial charge is 0.497 e. The van der Waals surface area contributed by atoms with Gasteiger partial charge in [-0.1, -0.05) is 22.0 Å². The van der Waals surface area contributed by atoms with Gasteiger partial charge in [0.1, 0.15) is 29.4 Å². The molecule has 3 aromatic rings. The summed E-state index contributed by atoms with van der Waals surface area (Å²) in [5.41, 5.74) is 2.67. The van der Waals surface area contributed by atoms with Crippen LogP contribution in [0, 0.1) is 6.92 Å². The van der Waals surface area contributed by atoms with Crippen LogP contribution >= 0.6 is 15.9 Å². The standard InChI is InChI=1S/C21H23BrO5/c1-4-25-21(23)9-14-5-7-16(24-3)11-20(14)26-12-18-13(2)27-19-8-6-15(22)10-17(18)19/h5-8,10-11,21,23H,4,9,12H2,1-3H3. The SMILES string of the molecule is CCOC(O)Cc1ccc(OC)cc1OCc1c(C)oc2ccc(Br)cc12. The number of aryl methyl sites for hydroxylation is 1. The second kappa shape index (κ2) is 8.78. The summed E-state index contributed by atoms with van der Waals surface area (Å²) in [4.78, 5) is 0. The van der Waals surface area contributed by atoms with Crippen LogP contribution in [0.3, 0.4) is 0 Å². The van der Waals surface area contributed by atoms with Gasteiger partial charge in [-0.05, 0) is 43.7 Å². The summed E-state index contributed by atoms with van der Waals surface area (Å²) in [6.45, 7) is 4.57. The Morgan fingerprint density at radius 2 is 2.00 bits per heavy atom. The van der Waals surface area contributed by atoms with Crippen LogP contribution in [0.25, 0.3) is 11.0 Å². The molecule has 1 aromatic heterocycles. The summed E-state index contributed by atoms with van der Waals surface area (Å²) in [5.74, 6) is 2.16. The van der Waals surface area contributed by atoms with Gasteiger partial charge < -0.3 is 23.7 Å². The zero-order valence-corrected chi connectivity index (χ0v) is 17.2. The second-order valence-electron chi connectivity index (χ2n) is 6.15. The van der Waals surface area contributed by atoms with Gasteiger partial charge >= 0.3 is 0 Å². The third-order valence-electron chi connectivity index (χ3n) is 4.35. The molecule has 2 aromatic carbocycles. The van der Waals surface area contributed by atoms with E-state index in [1.807, 2.05) is 50.2 Å². The van der Waals surface area contributed by atoms with Crippen molar-refractivity contribution in [2.24, 2.45) is 0 Å². The van der Waals surface area contributed by atoms with Crippen LogP contribution in [0.15, 0.2) is 45.3 Å². The summed E-state index contributed by atoms with van der Waals surface area (Å²) in [7, 11) is 1.61. The van der Waals surface area contributed by atoms with Crippen molar-refractivity contribution in [3.8, 4) is 11.5 Å². The average molecular weight is 435 g/mol. The third-order valence-corrected chi connectivity index (χ3v) is 4.85. The van der Waals surface area contributed by atoms with Crippen molar-refractivity contribution in [2.75, 3.05) is 13.7 Å². The highest BCUT2D eigenvalue weighted by atomic mass is 79.9. The molecule has 1 N–H and O–H groups in total. The molecule has 0 aliphatic carbocycles. The summed E-state index contributed by atoms with van der Waals surface area (Å²) in [5, 5.41) is 11.0. The summed E-state index contributed by atoms with van der Waals surface area (Å²) < 4.78 is 23.5. The van der Waals surface area contributed by atoms with Crippen LogP contribution in [-0.2, 0) is 17.8 Å². The highest BCUT2D eigenvalue weighted by Crippen LogP contribution is 2.31. The van der Waals surface area contributed by atoms with Gasteiger partial charge in [0.05, 0.1) is 7.11 Å². The molecule has 0 saturated heterocycles. The highest BCUT2D eigenvalue weighted by Gasteiger charge is 2.15. The van der Waals surface area contributed by atoms with Crippen LogP contribution in [0.1, 0.15) is 23.8 Å². The van der Waals surface area contributed by atoms with Gasteiger partial charge in [0.15, 0.2) is 6.29 Å². The molecule has 144 valence electrons. The maximum Gasteiger partial charge on any atom is 0.158 e. The first-order valence-corrected chi connectivity index (χ1v) is 9.58. The first-order chi connectivity index (χ1) is 13.0. The Morgan fingerprint density at radius 1 is 1.19 bits per heavy atom. The zero-order valence-electron chi connectivity index (χ0n) is 15.6. The molecule has 0 amide bonds. The molecule has 0 saturated carbocycles. The minimum Gasteiger partial charge on any atom is -0.497 e. The lowest BCUT2D eigenvalue weighted by Crippen LogP contribution is -2.15. The molecular weight excluding hydrogens is 412 g/mol. The maximum atomic E-state index is 9.99. The smallest absolute Gasteiger partial charge is 0.158 e. The van der Waals surface area contributed by atoms with Crippen molar-refractivity contribution in [3.05, 3.63) is 57.8 Å². The molecule has 6 heteroatoms. The van der Waals surface area contributed by atoms with Gasteiger partial charge in [-0.25, -0.2) is 0 Å². The van der Waals surface area contributed by atoms with E-state index in [0.717, 1.165) is 32.3 Å². The Labute approximate surface area is 167 Å². The Balaban J connectivity index is 1.86. The first kappa shape index (κ1) is 19.7. The Hall–Kier alpha value is -2.02. The predicted molar refractivity (Wildman–Crippen MR) is 107 cm³/mol. The molecule has 0 aliphatic heterocycles. The van der Waals surface area contributed by atoms with Crippen molar-refractivity contribution in [1.82, 2.24) is 0 Å². The molecule has 1 atom stereocenters. The molecule has 0 radical (unpaired) electrons. The number of ether oxygens (including phenoxy) is 3. The van der Waals surface area contributed by atoms with E-state index in [2.05, 4.69) is 15.9 Å². The molecule has 0 spiro atoms. The number of furan rings is 1. The van der Waals surface area contributed by atoms with Gasteiger partial charge in [0.25, 0.3) is 0 Å². The summed E-state index contributed by atoms with van der Waals surface area (Å²) >= 11 is 3.50. The van der Waals surface area contributed by atoms with Gasteiger partial charge in [0.2, 0.25) is 0 Å². The second-order valence-corrected chi connectivity index (χ2v) is 7.07. The third kappa shape index (κ3) is 4.64. The maximum absolute atomic E-state index is 9.99. The van der Waals surface area contributed by atoms with Crippen molar-refractivity contribution in [2.45, 2.75) is 33.2 Å².